The highest BCUT2D eigenvalue weighted by Crippen LogP contribution is 2.29. The zero-order chi connectivity index (χ0) is 16.6. The van der Waals surface area contributed by atoms with E-state index in [4.69, 9.17) is 27.9 Å². The molecule has 124 valence electrons. The summed E-state index contributed by atoms with van der Waals surface area (Å²) in [5.74, 6) is 0.730. The summed E-state index contributed by atoms with van der Waals surface area (Å²) in [6.45, 7) is 7.94. The lowest BCUT2D eigenvalue weighted by atomic mass is 10.1. The van der Waals surface area contributed by atoms with Crippen LogP contribution in [0.25, 0.3) is 0 Å². The van der Waals surface area contributed by atoms with Gasteiger partial charge in [0.1, 0.15) is 17.5 Å². The second kappa shape index (κ2) is 9.23. The predicted octanol–water partition coefficient (Wildman–Crippen LogP) is 4.08. The second-order valence-corrected chi connectivity index (χ2v) is 6.81. The highest BCUT2D eigenvalue weighted by molar-refractivity contribution is 6.35. The molecule has 1 saturated heterocycles. The molecule has 4 nitrogen and oxygen atoms in total. The van der Waals surface area contributed by atoms with Gasteiger partial charge >= 0.3 is 0 Å². The number of hydrogen-bond donors (Lipinski definition) is 1. The van der Waals surface area contributed by atoms with E-state index in [2.05, 4.69) is 10.1 Å². The third-order valence-electron chi connectivity index (χ3n) is 2.88. The number of carbonyl (C=O) groups excluding carboxylic acids is 1. The molecular formula is C16H23Cl2NO3. The minimum absolute atomic E-state index is 0.268. The number of piperidine rings is 1. The van der Waals surface area contributed by atoms with Crippen LogP contribution >= 0.6 is 23.2 Å². The maximum Gasteiger partial charge on any atom is 0.293 e. The summed E-state index contributed by atoms with van der Waals surface area (Å²) in [5.41, 5.74) is -0.318. The summed E-state index contributed by atoms with van der Waals surface area (Å²) in [5, 5.41) is 4.51. The van der Waals surface area contributed by atoms with Crippen LogP contribution in [0.3, 0.4) is 0 Å². The van der Waals surface area contributed by atoms with Crippen molar-refractivity contribution in [1.82, 2.24) is 5.32 Å². The summed E-state index contributed by atoms with van der Waals surface area (Å²) in [4.78, 5) is 9.60. The van der Waals surface area contributed by atoms with Gasteiger partial charge in [-0.1, -0.05) is 23.2 Å². The van der Waals surface area contributed by atoms with Crippen LogP contribution in [0.1, 0.15) is 33.6 Å². The normalized spacial score (nSPS) is 15.5. The molecule has 2 rings (SSSR count). The summed E-state index contributed by atoms with van der Waals surface area (Å²) in [6.07, 6.45) is 2.32. The van der Waals surface area contributed by atoms with Gasteiger partial charge in [-0.15, -0.1) is 0 Å². The molecular weight excluding hydrogens is 325 g/mol. The van der Waals surface area contributed by atoms with Gasteiger partial charge in [-0.3, -0.25) is 4.79 Å². The number of benzene rings is 1. The van der Waals surface area contributed by atoms with Crippen molar-refractivity contribution >= 4 is 29.7 Å². The van der Waals surface area contributed by atoms with E-state index in [0.717, 1.165) is 31.7 Å². The predicted molar refractivity (Wildman–Crippen MR) is 89.9 cm³/mol. The van der Waals surface area contributed by atoms with Crippen LogP contribution < -0.4 is 10.1 Å². The standard InChI is InChI=1S/C11H13Cl2NO.C5H10O2/c12-8-1-2-11(10(13)7-8)15-9-3-5-14-6-4-9;1-5(2,3)7-4-6/h1-2,7,9,14H,3-6H2;4H,1-3H3. The third kappa shape index (κ3) is 7.87. The smallest absolute Gasteiger partial charge is 0.293 e. The highest BCUT2D eigenvalue weighted by atomic mass is 35.5. The van der Waals surface area contributed by atoms with Crippen molar-refractivity contribution in [2.75, 3.05) is 13.1 Å². The number of rotatable bonds is 3. The molecule has 1 heterocycles. The van der Waals surface area contributed by atoms with Crippen molar-refractivity contribution in [3.8, 4) is 5.75 Å². The minimum Gasteiger partial charge on any atom is -0.489 e. The Bertz CT molecular complexity index is 469. The maximum absolute atomic E-state index is 9.60. The van der Waals surface area contributed by atoms with Crippen molar-refractivity contribution in [2.24, 2.45) is 0 Å². The molecule has 1 fully saturated rings. The second-order valence-electron chi connectivity index (χ2n) is 5.97. The van der Waals surface area contributed by atoms with E-state index in [0.29, 0.717) is 16.5 Å². The Kier molecular flexibility index (Phi) is 8.01. The summed E-state index contributed by atoms with van der Waals surface area (Å²) in [6, 6.07) is 5.33. The van der Waals surface area contributed by atoms with Crippen molar-refractivity contribution in [1.29, 1.82) is 0 Å². The van der Waals surface area contributed by atoms with Crippen LogP contribution in [0.2, 0.25) is 10.0 Å². The van der Waals surface area contributed by atoms with Crippen LogP contribution in [-0.2, 0) is 9.53 Å². The van der Waals surface area contributed by atoms with Crippen molar-refractivity contribution in [3.63, 3.8) is 0 Å². The molecule has 6 heteroatoms. The highest BCUT2D eigenvalue weighted by Gasteiger charge is 2.15. The van der Waals surface area contributed by atoms with E-state index in [-0.39, 0.29) is 11.7 Å². The molecule has 22 heavy (non-hydrogen) atoms. The molecule has 0 saturated carbocycles. The Morgan fingerprint density at radius 1 is 1.23 bits per heavy atom. The molecule has 0 aromatic heterocycles. The molecule has 1 aliphatic heterocycles. The lowest BCUT2D eigenvalue weighted by Crippen LogP contribution is -2.34. The molecule has 1 aliphatic rings. The van der Waals surface area contributed by atoms with E-state index >= 15 is 0 Å². The Balaban J connectivity index is 0.000000295. The maximum atomic E-state index is 9.60. The minimum atomic E-state index is -0.318. The first-order valence-corrected chi connectivity index (χ1v) is 8.01. The first kappa shape index (κ1) is 19.1. The molecule has 1 aromatic carbocycles. The average Bonchev–Trinajstić information content (AvgIpc) is 2.42. The quantitative estimate of drug-likeness (QED) is 0.836. The average molecular weight is 348 g/mol. The Hall–Kier alpha value is -0.970. The fourth-order valence-electron chi connectivity index (χ4n) is 1.81. The molecule has 0 spiro atoms. The summed E-state index contributed by atoms with van der Waals surface area (Å²) >= 11 is 11.8. The van der Waals surface area contributed by atoms with Crippen LogP contribution in [0.5, 0.6) is 5.75 Å². The van der Waals surface area contributed by atoms with Gasteiger partial charge in [0.05, 0.1) is 5.02 Å². The van der Waals surface area contributed by atoms with Gasteiger partial charge in [-0.2, -0.15) is 0 Å². The fourth-order valence-corrected chi connectivity index (χ4v) is 2.26. The number of nitrogens with one attached hydrogen (secondary N) is 1. The van der Waals surface area contributed by atoms with Gasteiger partial charge in [-0.05, 0) is 64.9 Å². The van der Waals surface area contributed by atoms with Crippen molar-refractivity contribution in [3.05, 3.63) is 28.2 Å². The fraction of sp³-hybridized carbons (Fsp3) is 0.562. The molecule has 1 aromatic rings. The summed E-state index contributed by atoms with van der Waals surface area (Å²) in [7, 11) is 0. The molecule has 1 N–H and O–H groups in total. The Labute approximate surface area is 142 Å². The zero-order valence-corrected chi connectivity index (χ0v) is 14.7. The summed E-state index contributed by atoms with van der Waals surface area (Å²) < 4.78 is 10.4. The van der Waals surface area contributed by atoms with E-state index in [9.17, 15) is 4.79 Å². The van der Waals surface area contributed by atoms with Gasteiger partial charge in [0.25, 0.3) is 6.47 Å². The van der Waals surface area contributed by atoms with Crippen LogP contribution in [0, 0.1) is 0 Å². The van der Waals surface area contributed by atoms with Gasteiger partial charge in [0.2, 0.25) is 0 Å². The van der Waals surface area contributed by atoms with Gasteiger partial charge < -0.3 is 14.8 Å². The largest absolute Gasteiger partial charge is 0.489 e. The van der Waals surface area contributed by atoms with E-state index in [1.807, 2.05) is 26.8 Å². The van der Waals surface area contributed by atoms with Gasteiger partial charge in [-0.25, -0.2) is 0 Å². The lowest BCUT2D eigenvalue weighted by Gasteiger charge is -2.24. The molecule has 0 radical (unpaired) electrons. The Morgan fingerprint density at radius 3 is 2.32 bits per heavy atom. The number of ether oxygens (including phenoxy) is 2. The molecule has 0 atom stereocenters. The zero-order valence-electron chi connectivity index (χ0n) is 13.2. The van der Waals surface area contributed by atoms with E-state index in [1.54, 1.807) is 12.1 Å². The third-order valence-corrected chi connectivity index (χ3v) is 3.41. The van der Waals surface area contributed by atoms with Crippen LogP contribution in [-0.4, -0.2) is 31.3 Å². The van der Waals surface area contributed by atoms with Crippen molar-refractivity contribution in [2.45, 2.75) is 45.3 Å². The first-order valence-electron chi connectivity index (χ1n) is 7.25. The topological polar surface area (TPSA) is 47.6 Å². The van der Waals surface area contributed by atoms with Crippen molar-refractivity contribution < 1.29 is 14.3 Å². The molecule has 0 bridgehead atoms. The number of hydrogen-bond acceptors (Lipinski definition) is 4. The van der Waals surface area contributed by atoms with Crippen LogP contribution in [0.4, 0.5) is 0 Å². The van der Waals surface area contributed by atoms with Gasteiger partial charge in [0.15, 0.2) is 0 Å². The SMILES string of the molecule is CC(C)(C)OC=O.Clc1ccc(OC2CCNCC2)c(Cl)c1. The van der Waals surface area contributed by atoms with Gasteiger partial charge in [0, 0.05) is 5.02 Å². The Morgan fingerprint density at radius 2 is 1.86 bits per heavy atom. The number of halogens is 2. The number of carbonyl (C=O) groups is 1. The first-order chi connectivity index (χ1) is 10.3. The monoisotopic (exact) mass is 347 g/mol. The molecule has 0 aliphatic carbocycles. The van der Waals surface area contributed by atoms with Crippen LogP contribution in [0.15, 0.2) is 18.2 Å². The molecule has 0 unspecified atom stereocenters. The lowest BCUT2D eigenvalue weighted by molar-refractivity contribution is -0.138. The van der Waals surface area contributed by atoms with E-state index < -0.39 is 0 Å². The molecule has 0 amide bonds. The van der Waals surface area contributed by atoms with E-state index in [1.165, 1.54) is 0 Å².